The largest absolute Gasteiger partial charge is 0.320 e. The molecule has 1 amide bonds. The Morgan fingerprint density at radius 2 is 2.17 bits per heavy atom. The van der Waals surface area contributed by atoms with Crippen molar-refractivity contribution in [2.45, 2.75) is 0 Å². The lowest BCUT2D eigenvalue weighted by molar-refractivity contribution is 0.102. The minimum absolute atomic E-state index is 0.302. The lowest BCUT2D eigenvalue weighted by Crippen LogP contribution is -2.12. The maximum atomic E-state index is 12.6. The van der Waals surface area contributed by atoms with Gasteiger partial charge in [0, 0.05) is 11.8 Å². The summed E-state index contributed by atoms with van der Waals surface area (Å²) in [6, 6.07) is 10.6. The van der Waals surface area contributed by atoms with Gasteiger partial charge in [0.05, 0.1) is 28.0 Å². The topological polar surface area (TPSA) is 101 Å². The van der Waals surface area contributed by atoms with E-state index in [1.807, 2.05) is 18.2 Å². The molecule has 0 radical (unpaired) electrons. The predicted octanol–water partition coefficient (Wildman–Crippen LogP) is 2.42. The Kier molecular flexibility index (Phi) is 3.43. The molecule has 0 bridgehead atoms. The average molecular weight is 340 g/mol. The second-order valence-electron chi connectivity index (χ2n) is 4.97. The molecule has 8 nitrogen and oxygen atoms in total. The number of hydrogen-bond donors (Lipinski definition) is 2. The number of pyridine rings is 1. The van der Waals surface area contributed by atoms with Crippen molar-refractivity contribution in [1.29, 1.82) is 0 Å². The molecule has 118 valence electrons. The molecule has 0 unspecified atom stereocenters. The van der Waals surface area contributed by atoms with E-state index in [0.717, 1.165) is 0 Å². The van der Waals surface area contributed by atoms with Crippen LogP contribution in [0, 0.1) is 0 Å². The molecule has 0 atom stereocenters. The Bertz CT molecular complexity index is 1030. The van der Waals surface area contributed by atoms with Crippen molar-refractivity contribution < 1.29 is 4.79 Å². The first kappa shape index (κ1) is 14.3. The van der Waals surface area contributed by atoms with Crippen LogP contribution in [-0.2, 0) is 0 Å². The molecule has 0 fully saturated rings. The Balaban J connectivity index is 1.67. The maximum absolute atomic E-state index is 12.6. The number of H-pyrrole nitrogens is 1. The van der Waals surface area contributed by atoms with Gasteiger partial charge in [-0.15, -0.1) is 10.2 Å². The molecule has 9 heteroatoms. The van der Waals surface area contributed by atoms with Crippen molar-refractivity contribution in [3.8, 4) is 11.4 Å². The minimum Gasteiger partial charge on any atom is -0.320 e. The number of halogens is 1. The number of carbonyl (C=O) groups excluding carboxylic acids is 1. The monoisotopic (exact) mass is 339 g/mol. The van der Waals surface area contributed by atoms with E-state index < -0.39 is 0 Å². The fourth-order valence-corrected chi connectivity index (χ4v) is 2.51. The number of benzene rings is 1. The van der Waals surface area contributed by atoms with Crippen molar-refractivity contribution in [3.05, 3.63) is 59.4 Å². The summed E-state index contributed by atoms with van der Waals surface area (Å²) < 4.78 is 1.63. The number of amides is 1. The van der Waals surface area contributed by atoms with E-state index in [9.17, 15) is 4.79 Å². The molecule has 2 N–H and O–H groups in total. The normalized spacial score (nSPS) is 10.9. The Labute approximate surface area is 140 Å². The molecule has 4 rings (SSSR count). The highest BCUT2D eigenvalue weighted by molar-refractivity contribution is 6.34. The van der Waals surface area contributed by atoms with Crippen LogP contribution in [0.3, 0.4) is 0 Å². The van der Waals surface area contributed by atoms with Crippen LogP contribution < -0.4 is 5.32 Å². The van der Waals surface area contributed by atoms with Crippen LogP contribution in [0.15, 0.2) is 48.8 Å². The van der Waals surface area contributed by atoms with Gasteiger partial charge in [0.15, 0.2) is 0 Å². The van der Waals surface area contributed by atoms with Crippen LogP contribution in [0.4, 0.5) is 5.69 Å². The molecular formula is C15H10ClN7O. The first-order valence-electron chi connectivity index (χ1n) is 6.99. The van der Waals surface area contributed by atoms with E-state index in [1.54, 1.807) is 28.9 Å². The molecule has 0 aliphatic rings. The lowest BCUT2D eigenvalue weighted by atomic mass is 10.1. The summed E-state index contributed by atoms with van der Waals surface area (Å²) in [5.41, 5.74) is 2.31. The third-order valence-electron chi connectivity index (χ3n) is 3.49. The van der Waals surface area contributed by atoms with Gasteiger partial charge in [0.1, 0.15) is 0 Å². The third-order valence-corrected chi connectivity index (χ3v) is 3.82. The second kappa shape index (κ2) is 5.74. The van der Waals surface area contributed by atoms with Crippen molar-refractivity contribution in [2.24, 2.45) is 0 Å². The standard InChI is InChI=1S/C15H10ClN7O/c16-11-5-4-9(14-19-21-22-20-14)7-12(11)18-15(24)10-8-17-23-6-2-1-3-13(10)23/h1-8H,(H,18,24)(H,19,20,21,22). The molecule has 0 aliphatic carbocycles. The van der Waals surface area contributed by atoms with Gasteiger partial charge in [-0.1, -0.05) is 17.7 Å². The molecule has 0 saturated heterocycles. The summed E-state index contributed by atoms with van der Waals surface area (Å²) in [6.07, 6.45) is 3.29. The van der Waals surface area contributed by atoms with Crippen LogP contribution in [0.5, 0.6) is 0 Å². The van der Waals surface area contributed by atoms with E-state index in [2.05, 4.69) is 31.0 Å². The third kappa shape index (κ3) is 2.48. The number of tetrazole rings is 1. The van der Waals surface area contributed by atoms with Gasteiger partial charge in [-0.05, 0) is 35.5 Å². The number of aromatic amines is 1. The second-order valence-corrected chi connectivity index (χ2v) is 5.38. The summed E-state index contributed by atoms with van der Waals surface area (Å²) >= 11 is 6.18. The summed E-state index contributed by atoms with van der Waals surface area (Å²) in [4.78, 5) is 12.6. The number of nitrogens with zero attached hydrogens (tertiary/aromatic N) is 5. The van der Waals surface area contributed by atoms with Gasteiger partial charge in [-0.2, -0.15) is 10.3 Å². The smallest absolute Gasteiger partial charge is 0.259 e. The minimum atomic E-state index is -0.302. The molecule has 0 spiro atoms. The molecule has 1 aromatic carbocycles. The van der Waals surface area contributed by atoms with Crippen LogP contribution in [0.25, 0.3) is 16.9 Å². The highest BCUT2D eigenvalue weighted by Crippen LogP contribution is 2.27. The first-order valence-corrected chi connectivity index (χ1v) is 7.37. The molecular weight excluding hydrogens is 330 g/mol. The first-order chi connectivity index (χ1) is 11.7. The average Bonchev–Trinajstić information content (AvgIpc) is 3.26. The van der Waals surface area contributed by atoms with Crippen molar-refractivity contribution in [1.82, 2.24) is 30.2 Å². The number of nitrogens with one attached hydrogen (secondary N) is 2. The zero-order valence-corrected chi connectivity index (χ0v) is 12.9. The molecule has 0 saturated carbocycles. The van der Waals surface area contributed by atoms with Crippen LogP contribution in [0.1, 0.15) is 10.4 Å². The predicted molar refractivity (Wildman–Crippen MR) is 87.8 cm³/mol. The quantitative estimate of drug-likeness (QED) is 0.597. The zero-order valence-electron chi connectivity index (χ0n) is 12.1. The maximum Gasteiger partial charge on any atom is 0.259 e. The van der Waals surface area contributed by atoms with Crippen molar-refractivity contribution in [2.75, 3.05) is 5.32 Å². The Morgan fingerprint density at radius 3 is 3.00 bits per heavy atom. The van der Waals surface area contributed by atoms with Crippen molar-refractivity contribution >= 4 is 28.7 Å². The van der Waals surface area contributed by atoms with Crippen LogP contribution in [0.2, 0.25) is 5.02 Å². The number of hydrogen-bond acceptors (Lipinski definition) is 5. The SMILES string of the molecule is O=C(Nc1cc(-c2nn[nH]n2)ccc1Cl)c1cnn2ccccc12. The van der Waals surface area contributed by atoms with E-state index in [0.29, 0.717) is 33.2 Å². The summed E-state index contributed by atoms with van der Waals surface area (Å²) in [7, 11) is 0. The van der Waals surface area contributed by atoms with Gasteiger partial charge >= 0.3 is 0 Å². The summed E-state index contributed by atoms with van der Waals surface area (Å²) in [6.45, 7) is 0. The van der Waals surface area contributed by atoms with Gasteiger partial charge in [-0.25, -0.2) is 4.52 Å². The molecule has 0 aliphatic heterocycles. The molecule has 24 heavy (non-hydrogen) atoms. The fourth-order valence-electron chi connectivity index (χ4n) is 2.34. The number of aromatic nitrogens is 6. The van der Waals surface area contributed by atoms with Crippen LogP contribution >= 0.6 is 11.6 Å². The molecule has 3 aromatic heterocycles. The number of carbonyl (C=O) groups is 1. The van der Waals surface area contributed by atoms with Gasteiger partial charge in [0.25, 0.3) is 5.91 Å². The van der Waals surface area contributed by atoms with E-state index in [-0.39, 0.29) is 5.91 Å². The van der Waals surface area contributed by atoms with E-state index >= 15 is 0 Å². The van der Waals surface area contributed by atoms with Gasteiger partial charge in [0.2, 0.25) is 5.82 Å². The van der Waals surface area contributed by atoms with Crippen molar-refractivity contribution in [3.63, 3.8) is 0 Å². The lowest BCUT2D eigenvalue weighted by Gasteiger charge is -2.07. The Hall–Kier alpha value is -3.26. The molecule has 4 aromatic rings. The zero-order chi connectivity index (χ0) is 16.5. The number of rotatable bonds is 3. The molecule has 3 heterocycles. The number of fused-ring (bicyclic) bond motifs is 1. The van der Waals surface area contributed by atoms with Gasteiger partial charge in [-0.3, -0.25) is 4.79 Å². The van der Waals surface area contributed by atoms with Crippen LogP contribution in [-0.4, -0.2) is 36.1 Å². The van der Waals surface area contributed by atoms with E-state index in [4.69, 9.17) is 11.6 Å². The highest BCUT2D eigenvalue weighted by Gasteiger charge is 2.15. The fraction of sp³-hybridized carbons (Fsp3) is 0. The van der Waals surface area contributed by atoms with Gasteiger partial charge < -0.3 is 5.32 Å². The summed E-state index contributed by atoms with van der Waals surface area (Å²) in [5.74, 6) is 0.113. The van der Waals surface area contributed by atoms with E-state index in [1.165, 1.54) is 6.20 Å². The highest BCUT2D eigenvalue weighted by atomic mass is 35.5. The Morgan fingerprint density at radius 1 is 1.25 bits per heavy atom. The summed E-state index contributed by atoms with van der Waals surface area (Å²) in [5, 5.41) is 21.1. The number of anilines is 1.